The third-order valence-corrected chi connectivity index (χ3v) is 4.91. The molecule has 0 spiro atoms. The van der Waals surface area contributed by atoms with Crippen LogP contribution in [0.15, 0.2) is 66.9 Å². The van der Waals surface area contributed by atoms with Crippen LogP contribution >= 0.6 is 0 Å². The summed E-state index contributed by atoms with van der Waals surface area (Å²) in [6, 6.07) is 15.9. The summed E-state index contributed by atoms with van der Waals surface area (Å²) in [6.45, 7) is 0. The molecule has 0 radical (unpaired) electrons. The van der Waals surface area contributed by atoms with Gasteiger partial charge in [-0.15, -0.1) is 5.10 Å². The van der Waals surface area contributed by atoms with Crippen molar-refractivity contribution in [3.63, 3.8) is 0 Å². The van der Waals surface area contributed by atoms with Crippen molar-refractivity contribution >= 4 is 28.4 Å². The summed E-state index contributed by atoms with van der Waals surface area (Å²) in [5, 5.41) is 24.7. The maximum atomic E-state index is 12.8. The lowest BCUT2D eigenvalue weighted by Crippen LogP contribution is -2.21. The summed E-state index contributed by atoms with van der Waals surface area (Å²) in [5.74, 6) is -1.92. The number of hydrogen-bond donors (Lipinski definition) is 3. The summed E-state index contributed by atoms with van der Waals surface area (Å²) < 4.78 is 70.3. The number of alkyl halides is 6. The quantitative estimate of drug-likeness (QED) is 0.256. The molecule has 3 N–H and O–H groups in total. The molecule has 0 bridgehead atoms. The number of fused-ring (bicyclic) bond motifs is 1. The number of hydrogen-bond acceptors (Lipinski definition) is 8. The van der Waals surface area contributed by atoms with Crippen LogP contribution in [0.5, 0.6) is 0 Å². The molecule has 5 aromatic rings. The Morgan fingerprint density at radius 3 is 2.26 bits per heavy atom. The third-order valence-electron chi connectivity index (χ3n) is 4.91. The monoisotopic (exact) mass is 548 g/mol. The molecule has 5 rings (SSSR count). The number of rotatable bonds is 4. The lowest BCUT2D eigenvalue weighted by atomic mass is 10.1. The highest BCUT2D eigenvalue weighted by Gasteiger charge is 2.38. The van der Waals surface area contributed by atoms with Crippen LogP contribution in [0.4, 0.5) is 37.8 Å². The second kappa shape index (κ2) is 10.7. The van der Waals surface area contributed by atoms with E-state index in [1.54, 1.807) is 12.3 Å². The molecule has 3 heterocycles. The molecule has 0 amide bonds. The van der Waals surface area contributed by atoms with E-state index in [0.717, 1.165) is 28.6 Å². The van der Waals surface area contributed by atoms with Crippen molar-refractivity contribution in [3.05, 3.63) is 72.4 Å². The zero-order valence-electron chi connectivity index (χ0n) is 19.2. The van der Waals surface area contributed by atoms with Gasteiger partial charge >= 0.3 is 18.3 Å². The molecule has 16 heteroatoms. The first-order valence-corrected chi connectivity index (χ1v) is 10.6. The fourth-order valence-corrected chi connectivity index (χ4v) is 3.14. The van der Waals surface area contributed by atoms with E-state index in [4.69, 9.17) is 9.90 Å². The minimum atomic E-state index is -5.08. The van der Waals surface area contributed by atoms with Crippen molar-refractivity contribution in [1.82, 2.24) is 35.6 Å². The highest BCUT2D eigenvalue weighted by atomic mass is 19.4. The zero-order valence-corrected chi connectivity index (χ0v) is 19.2. The van der Waals surface area contributed by atoms with Crippen LogP contribution in [-0.4, -0.2) is 52.8 Å². The number of pyridine rings is 1. The molecule has 200 valence electrons. The van der Waals surface area contributed by atoms with Crippen molar-refractivity contribution in [1.29, 1.82) is 0 Å². The van der Waals surface area contributed by atoms with Gasteiger partial charge in [0.1, 0.15) is 5.82 Å². The Morgan fingerprint density at radius 2 is 1.64 bits per heavy atom. The van der Waals surface area contributed by atoms with Crippen LogP contribution in [-0.2, 0) is 11.0 Å². The lowest BCUT2D eigenvalue weighted by Gasteiger charge is -2.11. The Hall–Kier alpha value is -5.15. The van der Waals surface area contributed by atoms with Gasteiger partial charge < -0.3 is 10.4 Å². The first kappa shape index (κ1) is 26.9. The summed E-state index contributed by atoms with van der Waals surface area (Å²) in [6.07, 6.45) is -7.79. The predicted molar refractivity (Wildman–Crippen MR) is 124 cm³/mol. The number of aromatic amines is 1. The summed E-state index contributed by atoms with van der Waals surface area (Å²) >= 11 is 0. The van der Waals surface area contributed by atoms with Crippen LogP contribution in [0, 0.1) is 0 Å². The molecule has 0 saturated carbocycles. The topological polar surface area (TPSA) is 142 Å². The largest absolute Gasteiger partial charge is 0.490 e. The maximum Gasteiger partial charge on any atom is 0.490 e. The maximum absolute atomic E-state index is 12.8. The number of nitrogens with one attached hydrogen (secondary N) is 2. The van der Waals surface area contributed by atoms with Gasteiger partial charge in [0, 0.05) is 28.9 Å². The number of H-pyrrole nitrogens is 1. The SMILES string of the molecule is FC(F)(F)c1ccc(Nc2cc(-c3ccc4cccnc4c3)nc(-c3nnn[nH]3)n2)cc1.O=C(O)C(F)(F)F. The zero-order chi connectivity index (χ0) is 28.2. The lowest BCUT2D eigenvalue weighted by molar-refractivity contribution is -0.192. The third kappa shape index (κ3) is 6.79. The highest BCUT2D eigenvalue weighted by molar-refractivity contribution is 5.84. The molecule has 0 unspecified atom stereocenters. The summed E-state index contributed by atoms with van der Waals surface area (Å²) in [7, 11) is 0. The van der Waals surface area contributed by atoms with Crippen LogP contribution in [0.2, 0.25) is 0 Å². The van der Waals surface area contributed by atoms with Gasteiger partial charge in [-0.25, -0.2) is 19.9 Å². The van der Waals surface area contributed by atoms with E-state index in [1.165, 1.54) is 12.1 Å². The number of tetrazole rings is 1. The van der Waals surface area contributed by atoms with Crippen LogP contribution in [0.3, 0.4) is 0 Å². The van der Waals surface area contributed by atoms with E-state index in [1.807, 2.05) is 30.3 Å². The van der Waals surface area contributed by atoms with Gasteiger partial charge in [-0.3, -0.25) is 4.98 Å². The molecule has 0 atom stereocenters. The molecule has 3 aromatic heterocycles. The van der Waals surface area contributed by atoms with E-state index in [0.29, 0.717) is 17.2 Å². The minimum Gasteiger partial charge on any atom is -0.475 e. The standard InChI is InChI=1S/C21H13F3N8.C2HF3O2/c22-21(23,24)14-5-7-15(8-6-14)26-18-11-17(27-19(28-18)20-29-31-32-30-20)13-4-3-12-2-1-9-25-16(12)10-13;3-2(4,5)1(6)7/h1-11H,(H,26,27,28)(H,29,30,31,32);(H,6,7). The highest BCUT2D eigenvalue weighted by Crippen LogP contribution is 2.31. The molecule has 0 fully saturated rings. The van der Waals surface area contributed by atoms with Gasteiger partial charge in [-0.05, 0) is 46.8 Å². The Balaban J connectivity index is 0.000000448. The number of anilines is 2. The van der Waals surface area contributed by atoms with Gasteiger partial charge in [-0.1, -0.05) is 18.2 Å². The van der Waals surface area contributed by atoms with E-state index in [-0.39, 0.29) is 11.6 Å². The van der Waals surface area contributed by atoms with E-state index in [9.17, 15) is 26.3 Å². The average molecular weight is 548 g/mol. The smallest absolute Gasteiger partial charge is 0.475 e. The van der Waals surface area contributed by atoms with E-state index < -0.39 is 23.9 Å². The van der Waals surface area contributed by atoms with Gasteiger partial charge in [-0.2, -0.15) is 26.3 Å². The number of carboxylic acid groups (broad SMARTS) is 1. The van der Waals surface area contributed by atoms with Crippen molar-refractivity contribution in [2.24, 2.45) is 0 Å². The fourth-order valence-electron chi connectivity index (χ4n) is 3.14. The first-order chi connectivity index (χ1) is 18.4. The molecule has 2 aromatic carbocycles. The number of aromatic nitrogens is 7. The molecule has 0 saturated heterocycles. The molecular formula is C23H14F6N8O2. The molecule has 0 aliphatic heterocycles. The fraction of sp³-hybridized carbons (Fsp3) is 0.0870. The van der Waals surface area contributed by atoms with Crippen LogP contribution in [0.1, 0.15) is 5.56 Å². The number of benzene rings is 2. The molecule has 39 heavy (non-hydrogen) atoms. The molecular weight excluding hydrogens is 534 g/mol. The summed E-state index contributed by atoms with van der Waals surface area (Å²) in [5.41, 5.74) is 1.84. The Labute approximate surface area is 213 Å². The molecule has 0 aliphatic carbocycles. The molecule has 0 aliphatic rings. The van der Waals surface area contributed by atoms with Crippen molar-refractivity contribution in [3.8, 4) is 22.9 Å². The number of halogens is 6. The van der Waals surface area contributed by atoms with Gasteiger partial charge in [0.25, 0.3) is 0 Å². The number of carboxylic acids is 1. The number of nitrogens with zero attached hydrogens (tertiary/aromatic N) is 6. The normalized spacial score (nSPS) is 11.5. The van der Waals surface area contributed by atoms with Gasteiger partial charge in [0.05, 0.1) is 16.8 Å². The van der Waals surface area contributed by atoms with Gasteiger partial charge in [0.15, 0.2) is 0 Å². The Kier molecular flexibility index (Phi) is 7.37. The summed E-state index contributed by atoms with van der Waals surface area (Å²) in [4.78, 5) is 22.2. The van der Waals surface area contributed by atoms with Crippen molar-refractivity contribution in [2.75, 3.05) is 5.32 Å². The Morgan fingerprint density at radius 1 is 0.923 bits per heavy atom. The van der Waals surface area contributed by atoms with E-state index >= 15 is 0 Å². The van der Waals surface area contributed by atoms with Crippen LogP contribution < -0.4 is 5.32 Å². The minimum absolute atomic E-state index is 0.225. The van der Waals surface area contributed by atoms with E-state index in [2.05, 4.69) is 40.9 Å². The second-order valence-electron chi connectivity index (χ2n) is 7.63. The number of aliphatic carboxylic acids is 1. The average Bonchev–Trinajstić information content (AvgIpc) is 3.43. The number of carbonyl (C=O) groups is 1. The first-order valence-electron chi connectivity index (χ1n) is 10.6. The molecule has 10 nitrogen and oxygen atoms in total. The van der Waals surface area contributed by atoms with Crippen molar-refractivity contribution in [2.45, 2.75) is 12.4 Å². The predicted octanol–water partition coefficient (Wildman–Crippen LogP) is 5.27. The van der Waals surface area contributed by atoms with Crippen LogP contribution in [0.25, 0.3) is 33.8 Å². The Bertz CT molecular complexity index is 1590. The van der Waals surface area contributed by atoms with Gasteiger partial charge in [0.2, 0.25) is 11.6 Å². The second-order valence-corrected chi connectivity index (χ2v) is 7.63. The van der Waals surface area contributed by atoms with Crippen molar-refractivity contribution < 1.29 is 36.2 Å².